The van der Waals surface area contributed by atoms with Gasteiger partial charge in [-0.2, -0.15) is 0 Å². The molecule has 3 aliphatic carbocycles. The molecule has 0 aliphatic heterocycles. The molecule has 0 saturated heterocycles. The maximum Gasteiger partial charge on any atom is -0.00880 e. The Balaban J connectivity index is 2.32. The van der Waals surface area contributed by atoms with Gasteiger partial charge in [0.15, 0.2) is 0 Å². The van der Waals surface area contributed by atoms with Gasteiger partial charge in [-0.05, 0) is 48.9 Å². The van der Waals surface area contributed by atoms with Crippen molar-refractivity contribution < 1.29 is 0 Å². The molecule has 3 aliphatic rings. The summed E-state index contributed by atoms with van der Waals surface area (Å²) in [5, 5.41) is 0. The molecule has 0 aromatic heterocycles. The van der Waals surface area contributed by atoms with Crippen molar-refractivity contribution >= 4 is 0 Å². The Kier molecular flexibility index (Phi) is 1.87. The van der Waals surface area contributed by atoms with Crippen LogP contribution in [0.25, 0.3) is 0 Å². The van der Waals surface area contributed by atoms with Crippen molar-refractivity contribution in [2.24, 2.45) is 16.7 Å². The Labute approximate surface area is 82.4 Å². The Bertz CT molecular complexity index is 236. The smallest absolute Gasteiger partial charge is 0.00880 e. The second-order valence-electron chi connectivity index (χ2n) is 5.84. The highest BCUT2D eigenvalue weighted by Crippen LogP contribution is 2.61. The summed E-state index contributed by atoms with van der Waals surface area (Å²) in [6.07, 6.45) is 6.86. The van der Waals surface area contributed by atoms with Crippen molar-refractivity contribution in [3.05, 3.63) is 12.2 Å². The van der Waals surface area contributed by atoms with Gasteiger partial charge in [-0.1, -0.05) is 32.9 Å². The summed E-state index contributed by atoms with van der Waals surface area (Å²) in [4.78, 5) is 0. The summed E-state index contributed by atoms with van der Waals surface area (Å²) < 4.78 is 0. The number of rotatable bonds is 1. The van der Waals surface area contributed by atoms with E-state index in [1.165, 1.54) is 32.1 Å². The first-order chi connectivity index (χ1) is 6.00. The van der Waals surface area contributed by atoms with Crippen LogP contribution in [0.4, 0.5) is 0 Å². The largest absolute Gasteiger partial charge is 0.0993 e. The van der Waals surface area contributed by atoms with E-state index in [1.54, 1.807) is 5.57 Å². The molecule has 0 aromatic carbocycles. The molecule has 2 atom stereocenters. The van der Waals surface area contributed by atoms with E-state index in [4.69, 9.17) is 0 Å². The molecular formula is C13H22. The molecule has 0 aromatic rings. The summed E-state index contributed by atoms with van der Waals surface area (Å²) >= 11 is 0. The molecule has 13 heavy (non-hydrogen) atoms. The van der Waals surface area contributed by atoms with Gasteiger partial charge in [0, 0.05) is 0 Å². The maximum atomic E-state index is 4.31. The fourth-order valence-electron chi connectivity index (χ4n) is 3.69. The lowest BCUT2D eigenvalue weighted by atomic mass is 9.48. The van der Waals surface area contributed by atoms with E-state index in [0.717, 1.165) is 5.92 Å². The fourth-order valence-corrected chi connectivity index (χ4v) is 3.69. The number of fused-ring (bicyclic) bond motifs is 3. The Morgan fingerprint density at radius 2 is 2.15 bits per heavy atom. The molecule has 0 heteroatoms. The van der Waals surface area contributed by atoms with Crippen LogP contribution < -0.4 is 0 Å². The van der Waals surface area contributed by atoms with Crippen LogP contribution in [0.1, 0.15) is 52.9 Å². The molecule has 0 spiro atoms. The second-order valence-corrected chi connectivity index (χ2v) is 5.84. The van der Waals surface area contributed by atoms with E-state index < -0.39 is 0 Å². The molecule has 3 fully saturated rings. The second kappa shape index (κ2) is 2.62. The quantitative estimate of drug-likeness (QED) is 0.529. The van der Waals surface area contributed by atoms with Crippen LogP contribution in [-0.2, 0) is 0 Å². The van der Waals surface area contributed by atoms with E-state index in [9.17, 15) is 0 Å². The number of hydrogen-bond donors (Lipinski definition) is 0. The van der Waals surface area contributed by atoms with Crippen LogP contribution in [0.5, 0.6) is 0 Å². The molecule has 74 valence electrons. The fraction of sp³-hybridized carbons (Fsp3) is 0.846. The maximum absolute atomic E-state index is 4.31. The SMILES string of the molecule is C=C1CC2CCC1(CC)CC2(C)C. The minimum absolute atomic E-state index is 0.526. The third kappa shape index (κ3) is 1.18. The van der Waals surface area contributed by atoms with Gasteiger partial charge in [-0.15, -0.1) is 0 Å². The summed E-state index contributed by atoms with van der Waals surface area (Å²) in [6.45, 7) is 11.5. The van der Waals surface area contributed by atoms with Crippen molar-refractivity contribution in [1.82, 2.24) is 0 Å². The minimum atomic E-state index is 0.526. The monoisotopic (exact) mass is 178 g/mol. The zero-order valence-electron chi connectivity index (χ0n) is 9.32. The van der Waals surface area contributed by atoms with Crippen LogP contribution in [0.3, 0.4) is 0 Å². The zero-order chi connectivity index (χ0) is 9.69. The molecule has 0 radical (unpaired) electrons. The highest BCUT2D eigenvalue weighted by Gasteiger charge is 2.50. The molecule has 0 nitrogen and oxygen atoms in total. The molecule has 0 N–H and O–H groups in total. The van der Waals surface area contributed by atoms with E-state index in [-0.39, 0.29) is 0 Å². The number of hydrogen-bond acceptors (Lipinski definition) is 0. The standard InChI is InChI=1S/C13H22/c1-5-13-7-6-11(8-10(13)2)12(3,4)9-13/h11H,2,5-9H2,1,3-4H3. The van der Waals surface area contributed by atoms with Crippen molar-refractivity contribution in [3.8, 4) is 0 Å². The Morgan fingerprint density at radius 3 is 2.54 bits per heavy atom. The highest BCUT2D eigenvalue weighted by molar-refractivity contribution is 5.20. The summed E-state index contributed by atoms with van der Waals surface area (Å²) in [6, 6.07) is 0. The molecular weight excluding hydrogens is 156 g/mol. The summed E-state index contributed by atoms with van der Waals surface area (Å²) in [7, 11) is 0. The number of allylic oxidation sites excluding steroid dienone is 1. The predicted molar refractivity (Wildman–Crippen MR) is 57.6 cm³/mol. The van der Waals surface area contributed by atoms with E-state index >= 15 is 0 Å². The van der Waals surface area contributed by atoms with E-state index in [2.05, 4.69) is 27.4 Å². The van der Waals surface area contributed by atoms with Gasteiger partial charge in [0.25, 0.3) is 0 Å². The summed E-state index contributed by atoms with van der Waals surface area (Å²) in [5.41, 5.74) is 2.67. The Morgan fingerprint density at radius 1 is 1.46 bits per heavy atom. The summed E-state index contributed by atoms with van der Waals surface area (Å²) in [5.74, 6) is 0.924. The van der Waals surface area contributed by atoms with E-state index in [0.29, 0.717) is 10.8 Å². The molecule has 3 saturated carbocycles. The van der Waals surface area contributed by atoms with Gasteiger partial charge >= 0.3 is 0 Å². The highest BCUT2D eigenvalue weighted by atomic mass is 14.5. The van der Waals surface area contributed by atoms with Crippen molar-refractivity contribution in [3.63, 3.8) is 0 Å². The van der Waals surface area contributed by atoms with E-state index in [1.807, 2.05) is 0 Å². The van der Waals surface area contributed by atoms with Crippen LogP contribution in [0.2, 0.25) is 0 Å². The Hall–Kier alpha value is -0.260. The van der Waals surface area contributed by atoms with Gasteiger partial charge in [0.2, 0.25) is 0 Å². The van der Waals surface area contributed by atoms with Crippen LogP contribution >= 0.6 is 0 Å². The first kappa shape index (κ1) is 9.30. The lowest BCUT2D eigenvalue weighted by Gasteiger charge is -2.56. The molecule has 2 unspecified atom stereocenters. The first-order valence-corrected chi connectivity index (χ1v) is 5.68. The minimum Gasteiger partial charge on any atom is -0.0993 e. The zero-order valence-corrected chi connectivity index (χ0v) is 9.32. The average molecular weight is 178 g/mol. The van der Waals surface area contributed by atoms with Crippen LogP contribution in [0, 0.1) is 16.7 Å². The predicted octanol–water partition coefficient (Wildman–Crippen LogP) is 4.17. The van der Waals surface area contributed by atoms with Crippen LogP contribution in [0.15, 0.2) is 12.2 Å². The normalized spacial score (nSPS) is 42.4. The molecule has 0 heterocycles. The van der Waals surface area contributed by atoms with Gasteiger partial charge in [-0.3, -0.25) is 0 Å². The molecule has 2 bridgehead atoms. The molecule has 0 amide bonds. The van der Waals surface area contributed by atoms with Gasteiger partial charge in [0.05, 0.1) is 0 Å². The first-order valence-electron chi connectivity index (χ1n) is 5.68. The third-order valence-corrected chi connectivity index (χ3v) is 4.79. The molecule has 3 rings (SSSR count). The lowest BCUT2D eigenvalue weighted by molar-refractivity contribution is 0.00365. The lowest BCUT2D eigenvalue weighted by Crippen LogP contribution is -2.45. The topological polar surface area (TPSA) is 0 Å². The van der Waals surface area contributed by atoms with Gasteiger partial charge in [-0.25, -0.2) is 0 Å². The van der Waals surface area contributed by atoms with Crippen LogP contribution in [-0.4, -0.2) is 0 Å². The van der Waals surface area contributed by atoms with Gasteiger partial charge < -0.3 is 0 Å². The van der Waals surface area contributed by atoms with Crippen molar-refractivity contribution in [2.75, 3.05) is 0 Å². The average Bonchev–Trinajstić information content (AvgIpc) is 2.07. The third-order valence-electron chi connectivity index (χ3n) is 4.79. The van der Waals surface area contributed by atoms with Gasteiger partial charge in [0.1, 0.15) is 0 Å². The van der Waals surface area contributed by atoms with Crippen molar-refractivity contribution in [1.29, 1.82) is 0 Å². The van der Waals surface area contributed by atoms with Crippen molar-refractivity contribution in [2.45, 2.75) is 52.9 Å².